The molecule has 0 amide bonds. The zero-order valence-electron chi connectivity index (χ0n) is 13.9. The van der Waals surface area contributed by atoms with Gasteiger partial charge in [0.05, 0.1) is 16.2 Å². The van der Waals surface area contributed by atoms with Gasteiger partial charge in [0.15, 0.2) is 9.84 Å². The molecule has 26 heavy (non-hydrogen) atoms. The zero-order valence-corrected chi connectivity index (χ0v) is 14.7. The summed E-state index contributed by atoms with van der Waals surface area (Å²) in [7, 11) is -3.49. The summed E-state index contributed by atoms with van der Waals surface area (Å²) in [5.41, 5.74) is 0.441. The number of benzene rings is 2. The van der Waals surface area contributed by atoms with Crippen molar-refractivity contribution in [3.05, 3.63) is 53.3 Å². The van der Waals surface area contributed by atoms with Gasteiger partial charge >= 0.3 is 5.97 Å². The van der Waals surface area contributed by atoms with E-state index in [1.54, 1.807) is 0 Å². The Kier molecular flexibility index (Phi) is 5.95. The third-order valence-electron chi connectivity index (χ3n) is 3.67. The topological polar surface area (TPSA) is 104 Å². The fourth-order valence-electron chi connectivity index (χ4n) is 2.24. The number of halogens is 1. The third kappa shape index (κ3) is 4.58. The molecule has 0 spiro atoms. The molecule has 0 unspecified atom stereocenters. The summed E-state index contributed by atoms with van der Waals surface area (Å²) in [6.07, 6.45) is -0.0457. The number of aryl methyl sites for hydroxylation is 1. The number of hydrogen-bond acceptors (Lipinski definition) is 5. The first kappa shape index (κ1) is 19.4. The number of carboxylic acids is 1. The van der Waals surface area contributed by atoms with Crippen molar-refractivity contribution in [3.8, 4) is 17.6 Å². The van der Waals surface area contributed by atoms with Crippen LogP contribution in [0.15, 0.2) is 41.3 Å². The van der Waals surface area contributed by atoms with Crippen molar-refractivity contribution in [2.24, 2.45) is 0 Å². The number of rotatable bonds is 7. The van der Waals surface area contributed by atoms with Crippen LogP contribution in [-0.2, 0) is 21.1 Å². The smallest absolute Gasteiger partial charge is 0.303 e. The summed E-state index contributed by atoms with van der Waals surface area (Å²) in [5, 5.41) is 18.1. The summed E-state index contributed by atoms with van der Waals surface area (Å²) in [6.45, 7) is 1.49. The SMILES string of the molecule is CCS(=O)(=O)c1ccc(Oc2cc(F)ccc2CCC(=O)O)c(C#N)c1. The van der Waals surface area contributed by atoms with Crippen molar-refractivity contribution in [2.45, 2.75) is 24.7 Å². The van der Waals surface area contributed by atoms with Crippen molar-refractivity contribution in [2.75, 3.05) is 5.75 Å². The monoisotopic (exact) mass is 377 g/mol. The summed E-state index contributed by atoms with van der Waals surface area (Å²) >= 11 is 0. The number of aliphatic carboxylic acids is 1. The molecule has 0 aliphatic rings. The van der Waals surface area contributed by atoms with Crippen molar-refractivity contribution in [1.82, 2.24) is 0 Å². The molecule has 0 atom stereocenters. The van der Waals surface area contributed by atoms with Crippen LogP contribution in [0.2, 0.25) is 0 Å². The van der Waals surface area contributed by atoms with E-state index in [-0.39, 0.29) is 40.6 Å². The van der Waals surface area contributed by atoms with Gasteiger partial charge in [-0.05, 0) is 36.2 Å². The number of sulfone groups is 1. The molecule has 2 aromatic rings. The molecule has 0 heterocycles. The van der Waals surface area contributed by atoms with Gasteiger partial charge in [0.2, 0.25) is 0 Å². The number of carboxylic acid groups (broad SMARTS) is 1. The van der Waals surface area contributed by atoms with Crippen molar-refractivity contribution < 1.29 is 27.4 Å². The van der Waals surface area contributed by atoms with Gasteiger partial charge in [-0.2, -0.15) is 5.26 Å². The van der Waals surface area contributed by atoms with Crippen molar-refractivity contribution in [3.63, 3.8) is 0 Å². The number of nitriles is 1. The summed E-state index contributed by atoms with van der Waals surface area (Å²) in [5.74, 6) is -1.56. The minimum Gasteiger partial charge on any atom is -0.481 e. The molecule has 0 saturated carbocycles. The lowest BCUT2D eigenvalue weighted by atomic mass is 10.1. The second kappa shape index (κ2) is 7.97. The van der Waals surface area contributed by atoms with Gasteiger partial charge in [0.25, 0.3) is 0 Å². The molecule has 0 bridgehead atoms. The molecule has 136 valence electrons. The fraction of sp³-hybridized carbons (Fsp3) is 0.222. The van der Waals surface area contributed by atoms with Gasteiger partial charge in [-0.1, -0.05) is 13.0 Å². The highest BCUT2D eigenvalue weighted by Gasteiger charge is 2.16. The molecule has 0 aliphatic heterocycles. The van der Waals surface area contributed by atoms with Gasteiger partial charge in [0.1, 0.15) is 23.4 Å². The first-order chi connectivity index (χ1) is 12.3. The van der Waals surface area contributed by atoms with E-state index in [0.717, 1.165) is 6.07 Å². The average Bonchev–Trinajstić information content (AvgIpc) is 2.61. The average molecular weight is 377 g/mol. The Morgan fingerprint density at radius 3 is 2.58 bits per heavy atom. The highest BCUT2D eigenvalue weighted by Crippen LogP contribution is 2.31. The van der Waals surface area contributed by atoms with Crippen LogP contribution in [0.4, 0.5) is 4.39 Å². The summed E-state index contributed by atoms with van der Waals surface area (Å²) in [4.78, 5) is 10.7. The van der Waals surface area contributed by atoms with E-state index in [1.807, 2.05) is 6.07 Å². The van der Waals surface area contributed by atoms with Crippen molar-refractivity contribution in [1.29, 1.82) is 5.26 Å². The summed E-state index contributed by atoms with van der Waals surface area (Å²) < 4.78 is 43.0. The number of carbonyl (C=O) groups is 1. The lowest BCUT2D eigenvalue weighted by Crippen LogP contribution is -2.04. The quantitative estimate of drug-likeness (QED) is 0.794. The van der Waals surface area contributed by atoms with Crippen LogP contribution in [0.25, 0.3) is 0 Å². The predicted octanol–water partition coefficient (Wildman–Crippen LogP) is 3.30. The van der Waals surface area contributed by atoms with E-state index in [2.05, 4.69) is 0 Å². The molecule has 1 N–H and O–H groups in total. The molecule has 0 fully saturated rings. The molecule has 6 nitrogen and oxygen atoms in total. The van der Waals surface area contributed by atoms with E-state index >= 15 is 0 Å². The lowest BCUT2D eigenvalue weighted by molar-refractivity contribution is -0.136. The molecular formula is C18H16FNO5S. The van der Waals surface area contributed by atoms with Gasteiger partial charge in [-0.3, -0.25) is 4.79 Å². The molecule has 0 saturated heterocycles. The minimum atomic E-state index is -3.49. The van der Waals surface area contributed by atoms with Crippen LogP contribution < -0.4 is 4.74 Å². The molecular weight excluding hydrogens is 361 g/mol. The fourth-order valence-corrected chi connectivity index (χ4v) is 3.14. The molecule has 0 radical (unpaired) electrons. The highest BCUT2D eigenvalue weighted by molar-refractivity contribution is 7.91. The molecule has 0 aliphatic carbocycles. The minimum absolute atomic E-state index is 0.00533. The zero-order chi connectivity index (χ0) is 19.3. The van der Waals surface area contributed by atoms with Crippen LogP contribution in [-0.4, -0.2) is 25.2 Å². The maximum absolute atomic E-state index is 13.6. The van der Waals surface area contributed by atoms with Crippen LogP contribution in [0.3, 0.4) is 0 Å². The van der Waals surface area contributed by atoms with Gasteiger partial charge < -0.3 is 9.84 Å². The number of nitrogens with zero attached hydrogens (tertiary/aromatic N) is 1. The molecule has 8 heteroatoms. The summed E-state index contributed by atoms with van der Waals surface area (Å²) in [6, 6.07) is 9.39. The van der Waals surface area contributed by atoms with Crippen molar-refractivity contribution >= 4 is 15.8 Å². The largest absolute Gasteiger partial charge is 0.481 e. The van der Waals surface area contributed by atoms with Crippen LogP contribution >= 0.6 is 0 Å². The highest BCUT2D eigenvalue weighted by atomic mass is 32.2. The first-order valence-electron chi connectivity index (χ1n) is 7.71. The normalized spacial score (nSPS) is 11.0. The maximum Gasteiger partial charge on any atom is 0.303 e. The number of hydrogen-bond donors (Lipinski definition) is 1. The van der Waals surface area contributed by atoms with Crippen LogP contribution in [0, 0.1) is 17.1 Å². The second-order valence-electron chi connectivity index (χ2n) is 5.42. The predicted molar refractivity (Wildman–Crippen MR) is 91.3 cm³/mol. The van der Waals surface area contributed by atoms with E-state index < -0.39 is 21.6 Å². The Labute approximate surface area is 150 Å². The Bertz CT molecular complexity index is 980. The molecule has 2 rings (SSSR count). The standard InChI is InChI=1S/C18H16FNO5S/c1-2-26(23,24)15-6-7-16(13(9-15)11-20)25-17-10-14(19)5-3-12(17)4-8-18(21)22/h3,5-7,9-10H,2,4,8H2,1H3,(H,21,22). The second-order valence-corrected chi connectivity index (χ2v) is 7.70. The Balaban J connectivity index is 2.41. The Morgan fingerprint density at radius 2 is 1.96 bits per heavy atom. The van der Waals surface area contributed by atoms with E-state index in [0.29, 0.717) is 5.56 Å². The Hall–Kier alpha value is -2.92. The van der Waals surface area contributed by atoms with E-state index in [9.17, 15) is 22.9 Å². The first-order valence-corrected chi connectivity index (χ1v) is 9.37. The number of ether oxygens (including phenoxy) is 1. The van der Waals surface area contributed by atoms with Gasteiger partial charge in [-0.15, -0.1) is 0 Å². The molecule has 0 aromatic heterocycles. The van der Waals surface area contributed by atoms with E-state index in [4.69, 9.17) is 9.84 Å². The Morgan fingerprint density at radius 1 is 1.23 bits per heavy atom. The van der Waals surface area contributed by atoms with E-state index in [1.165, 1.54) is 37.3 Å². The third-order valence-corrected chi connectivity index (χ3v) is 5.40. The van der Waals surface area contributed by atoms with Crippen LogP contribution in [0.1, 0.15) is 24.5 Å². The molecule has 2 aromatic carbocycles. The van der Waals surface area contributed by atoms with Gasteiger partial charge in [0, 0.05) is 12.5 Å². The maximum atomic E-state index is 13.6. The van der Waals surface area contributed by atoms with Gasteiger partial charge in [-0.25, -0.2) is 12.8 Å². The lowest BCUT2D eigenvalue weighted by Gasteiger charge is -2.13. The van der Waals surface area contributed by atoms with Crippen LogP contribution in [0.5, 0.6) is 11.5 Å².